The first-order chi connectivity index (χ1) is 11.8. The molecule has 2 rings (SSSR count). The monoisotopic (exact) mass is 435 g/mol. The third-order valence-corrected chi connectivity index (χ3v) is 6.84. The molecule has 1 saturated carbocycles. The number of rotatable bonds is 6. The molecule has 1 fully saturated rings. The Balaban J connectivity index is 2.45. The van der Waals surface area contributed by atoms with E-state index in [0.29, 0.717) is 23.1 Å². The van der Waals surface area contributed by atoms with Crippen LogP contribution in [0.3, 0.4) is 0 Å². The van der Waals surface area contributed by atoms with Gasteiger partial charge in [-0.05, 0) is 34.8 Å². The summed E-state index contributed by atoms with van der Waals surface area (Å²) in [5.41, 5.74) is -1.24. The molecule has 25 heavy (non-hydrogen) atoms. The van der Waals surface area contributed by atoms with E-state index in [0.717, 1.165) is 19.3 Å². The van der Waals surface area contributed by atoms with Gasteiger partial charge in [-0.2, -0.15) is 4.72 Å². The molecule has 0 spiro atoms. The second kappa shape index (κ2) is 7.92. The van der Waals surface area contributed by atoms with E-state index in [-0.39, 0.29) is 10.6 Å². The van der Waals surface area contributed by atoms with Gasteiger partial charge in [0.15, 0.2) is 11.5 Å². The number of ether oxygens (including phenoxy) is 3. The van der Waals surface area contributed by atoms with Crippen molar-refractivity contribution in [3.05, 3.63) is 16.6 Å². The Morgan fingerprint density at radius 1 is 1.08 bits per heavy atom. The number of carbonyl (C=O) groups is 1. The first kappa shape index (κ1) is 20.0. The maximum atomic E-state index is 13.0. The Kier molecular flexibility index (Phi) is 6.34. The van der Waals surface area contributed by atoms with Crippen molar-refractivity contribution in [1.29, 1.82) is 0 Å². The Bertz CT molecular complexity index is 743. The van der Waals surface area contributed by atoms with E-state index in [1.165, 1.54) is 33.5 Å². The molecule has 0 radical (unpaired) electrons. The molecule has 0 saturated heterocycles. The summed E-state index contributed by atoms with van der Waals surface area (Å²) in [6.45, 7) is 0. The first-order valence-corrected chi connectivity index (χ1v) is 10.1. The number of carbonyl (C=O) groups excluding carboxylic acids is 1. The van der Waals surface area contributed by atoms with Gasteiger partial charge in [0.2, 0.25) is 10.0 Å². The van der Waals surface area contributed by atoms with Crippen LogP contribution < -0.4 is 14.2 Å². The van der Waals surface area contributed by atoms with E-state index in [1.54, 1.807) is 0 Å². The lowest BCUT2D eigenvalue weighted by Crippen LogP contribution is -2.56. The predicted molar refractivity (Wildman–Crippen MR) is 95.4 cm³/mol. The lowest BCUT2D eigenvalue weighted by atomic mass is 9.83. The van der Waals surface area contributed by atoms with Crippen molar-refractivity contribution < 1.29 is 27.4 Å². The molecule has 0 unspecified atom stereocenters. The zero-order valence-electron chi connectivity index (χ0n) is 14.4. The molecule has 0 aliphatic heterocycles. The van der Waals surface area contributed by atoms with Crippen LogP contribution in [0.2, 0.25) is 0 Å². The van der Waals surface area contributed by atoms with E-state index in [1.807, 2.05) is 0 Å². The van der Waals surface area contributed by atoms with E-state index >= 15 is 0 Å². The second-order valence-corrected chi connectivity index (χ2v) is 8.38. The van der Waals surface area contributed by atoms with Crippen molar-refractivity contribution in [2.24, 2.45) is 0 Å². The van der Waals surface area contributed by atoms with Crippen molar-refractivity contribution in [2.75, 3.05) is 21.3 Å². The Morgan fingerprint density at radius 3 is 2.16 bits per heavy atom. The van der Waals surface area contributed by atoms with Gasteiger partial charge < -0.3 is 14.2 Å². The summed E-state index contributed by atoms with van der Waals surface area (Å²) in [7, 11) is 0.155. The highest BCUT2D eigenvalue weighted by molar-refractivity contribution is 9.10. The predicted octanol–water partition coefficient (Wildman–Crippen LogP) is 2.62. The zero-order valence-corrected chi connectivity index (χ0v) is 16.8. The Labute approximate surface area is 156 Å². The van der Waals surface area contributed by atoms with Crippen LogP contribution in [0.4, 0.5) is 0 Å². The third-order valence-electron chi connectivity index (χ3n) is 4.34. The fourth-order valence-corrected chi connectivity index (χ4v) is 5.50. The average molecular weight is 436 g/mol. The van der Waals surface area contributed by atoms with Gasteiger partial charge in [0, 0.05) is 10.5 Å². The summed E-state index contributed by atoms with van der Waals surface area (Å²) in [5.74, 6) is 0.114. The molecule has 0 heterocycles. The summed E-state index contributed by atoms with van der Waals surface area (Å²) in [6, 6.07) is 2.87. The fourth-order valence-electron chi connectivity index (χ4n) is 3.05. The van der Waals surface area contributed by atoms with Crippen LogP contribution in [0.25, 0.3) is 0 Å². The van der Waals surface area contributed by atoms with Gasteiger partial charge in [0.25, 0.3) is 0 Å². The number of benzene rings is 1. The van der Waals surface area contributed by atoms with Crippen LogP contribution in [-0.2, 0) is 19.6 Å². The molecule has 1 aliphatic rings. The molecule has 1 aromatic carbocycles. The number of hydrogen-bond acceptors (Lipinski definition) is 6. The lowest BCUT2D eigenvalue weighted by Gasteiger charge is -2.34. The van der Waals surface area contributed by atoms with Crippen LogP contribution in [-0.4, -0.2) is 41.3 Å². The Hall–Kier alpha value is -1.32. The van der Waals surface area contributed by atoms with E-state index in [4.69, 9.17) is 14.2 Å². The number of hydrogen-bond donors (Lipinski definition) is 1. The third kappa shape index (κ3) is 4.09. The molecule has 1 N–H and O–H groups in total. The van der Waals surface area contributed by atoms with Crippen LogP contribution in [0, 0.1) is 0 Å². The fraction of sp³-hybridized carbons (Fsp3) is 0.562. The molecular formula is C16H22BrNO6S. The average Bonchev–Trinajstić information content (AvgIpc) is 2.60. The second-order valence-electron chi connectivity index (χ2n) is 5.88. The highest BCUT2D eigenvalue weighted by atomic mass is 79.9. The summed E-state index contributed by atoms with van der Waals surface area (Å²) >= 11 is 3.25. The molecule has 1 aromatic rings. The highest BCUT2D eigenvalue weighted by Gasteiger charge is 2.44. The molecule has 0 aromatic heterocycles. The van der Waals surface area contributed by atoms with Crippen LogP contribution in [0.5, 0.6) is 11.5 Å². The maximum absolute atomic E-state index is 13.0. The number of methoxy groups -OCH3 is 3. The minimum absolute atomic E-state index is 0.0287. The van der Waals surface area contributed by atoms with Crippen molar-refractivity contribution in [3.63, 3.8) is 0 Å². The molecular weight excluding hydrogens is 414 g/mol. The topological polar surface area (TPSA) is 90.9 Å². The summed E-state index contributed by atoms with van der Waals surface area (Å²) in [4.78, 5) is 12.3. The largest absolute Gasteiger partial charge is 0.493 e. The van der Waals surface area contributed by atoms with Gasteiger partial charge in [-0.25, -0.2) is 8.42 Å². The minimum atomic E-state index is -3.99. The number of halogens is 1. The smallest absolute Gasteiger partial charge is 0.327 e. The number of nitrogens with one attached hydrogen (secondary N) is 1. The minimum Gasteiger partial charge on any atom is -0.493 e. The lowest BCUT2D eigenvalue weighted by molar-refractivity contribution is -0.149. The number of esters is 1. The van der Waals surface area contributed by atoms with Gasteiger partial charge in [-0.3, -0.25) is 4.79 Å². The normalized spacial score (nSPS) is 17.0. The zero-order chi connectivity index (χ0) is 18.7. The van der Waals surface area contributed by atoms with Crippen LogP contribution in [0.1, 0.15) is 32.1 Å². The number of sulfonamides is 1. The van der Waals surface area contributed by atoms with E-state index in [9.17, 15) is 13.2 Å². The van der Waals surface area contributed by atoms with Gasteiger partial charge in [0.05, 0.1) is 21.3 Å². The SMILES string of the molecule is COC(=O)C1(NS(=O)(=O)c2cc(OC)c(OC)cc2Br)CCCCC1. The molecule has 0 bridgehead atoms. The summed E-state index contributed by atoms with van der Waals surface area (Å²) in [6.07, 6.45) is 3.28. The van der Waals surface area contributed by atoms with E-state index < -0.39 is 21.5 Å². The molecule has 140 valence electrons. The molecule has 0 atom stereocenters. The van der Waals surface area contributed by atoms with Gasteiger partial charge in [0.1, 0.15) is 10.4 Å². The quantitative estimate of drug-likeness (QED) is 0.690. The van der Waals surface area contributed by atoms with Gasteiger partial charge >= 0.3 is 5.97 Å². The standard InChI is InChI=1S/C16H22BrNO6S/c1-22-12-9-11(17)14(10-13(12)23-2)25(20,21)18-16(15(19)24-3)7-5-4-6-8-16/h9-10,18H,4-8H2,1-3H3. The molecule has 9 heteroatoms. The van der Waals surface area contributed by atoms with Crippen LogP contribution in [0.15, 0.2) is 21.5 Å². The van der Waals surface area contributed by atoms with Crippen molar-refractivity contribution in [1.82, 2.24) is 4.72 Å². The molecule has 0 amide bonds. The Morgan fingerprint density at radius 2 is 1.64 bits per heavy atom. The van der Waals surface area contributed by atoms with E-state index in [2.05, 4.69) is 20.7 Å². The van der Waals surface area contributed by atoms with Crippen molar-refractivity contribution in [2.45, 2.75) is 42.5 Å². The maximum Gasteiger partial charge on any atom is 0.327 e. The summed E-state index contributed by atoms with van der Waals surface area (Å²) in [5, 5.41) is 0. The summed E-state index contributed by atoms with van der Waals surface area (Å²) < 4.78 is 44.0. The molecule has 1 aliphatic carbocycles. The van der Waals surface area contributed by atoms with Gasteiger partial charge in [-0.1, -0.05) is 19.3 Å². The molecule has 7 nitrogen and oxygen atoms in total. The highest BCUT2D eigenvalue weighted by Crippen LogP contribution is 2.37. The van der Waals surface area contributed by atoms with Gasteiger partial charge in [-0.15, -0.1) is 0 Å². The van der Waals surface area contributed by atoms with Crippen LogP contribution >= 0.6 is 15.9 Å². The van der Waals surface area contributed by atoms with Crippen molar-refractivity contribution in [3.8, 4) is 11.5 Å². The first-order valence-electron chi connectivity index (χ1n) is 7.83. The van der Waals surface area contributed by atoms with Crippen molar-refractivity contribution >= 4 is 31.9 Å².